The Balaban J connectivity index is 1.63. The number of nitrogens with zero attached hydrogens (tertiary/aromatic N) is 2. The van der Waals surface area contributed by atoms with E-state index in [1.54, 1.807) is 30.3 Å². The van der Waals surface area contributed by atoms with Gasteiger partial charge in [-0.25, -0.2) is 21.8 Å². The molecule has 34 heavy (non-hydrogen) atoms. The van der Waals surface area contributed by atoms with E-state index in [1.165, 1.54) is 24.3 Å². The molecule has 2 aromatic carbocycles. The minimum atomic E-state index is -4.02. The van der Waals surface area contributed by atoms with E-state index < -0.39 is 19.7 Å². The van der Waals surface area contributed by atoms with Gasteiger partial charge in [-0.3, -0.25) is 4.90 Å². The smallest absolute Gasteiger partial charge is 0.233 e. The number of thiazole rings is 1. The molecule has 0 bridgehead atoms. The Bertz CT molecular complexity index is 1320. The molecule has 3 aromatic rings. The highest BCUT2D eigenvalue weighted by Gasteiger charge is 2.31. The first-order chi connectivity index (χ1) is 16.3. The summed E-state index contributed by atoms with van der Waals surface area (Å²) in [7, 11) is -7.98. The summed E-state index contributed by atoms with van der Waals surface area (Å²) >= 11 is 0.849. The molecular formula is C23H27N3O5S3. The van der Waals surface area contributed by atoms with E-state index in [2.05, 4.69) is 15.2 Å². The lowest BCUT2D eigenvalue weighted by Crippen LogP contribution is -2.37. The van der Waals surface area contributed by atoms with Crippen LogP contribution in [-0.4, -0.2) is 66.1 Å². The summed E-state index contributed by atoms with van der Waals surface area (Å²) in [4.78, 5) is 6.58. The van der Waals surface area contributed by atoms with E-state index in [1.807, 2.05) is 6.92 Å². The lowest BCUT2D eigenvalue weighted by molar-refractivity contribution is 0.0378. The molecule has 0 amide bonds. The monoisotopic (exact) mass is 521 g/mol. The second-order valence-electron chi connectivity index (χ2n) is 7.98. The fourth-order valence-corrected chi connectivity index (χ4v) is 7.89. The predicted octanol–water partition coefficient (Wildman–Crippen LogP) is 3.25. The molecule has 1 saturated heterocycles. The molecule has 0 unspecified atom stereocenters. The molecule has 4 rings (SSSR count). The summed E-state index contributed by atoms with van der Waals surface area (Å²) in [6.07, 6.45) is 0.767. The average molecular weight is 522 g/mol. The van der Waals surface area contributed by atoms with E-state index in [9.17, 15) is 16.8 Å². The number of nitrogens with one attached hydrogen (secondary N) is 1. The summed E-state index contributed by atoms with van der Waals surface area (Å²) in [5, 5.41) is 3.11. The second kappa shape index (κ2) is 10.5. The third-order valence-corrected chi connectivity index (χ3v) is 10.5. The van der Waals surface area contributed by atoms with Gasteiger partial charge in [0.25, 0.3) is 0 Å². The van der Waals surface area contributed by atoms with Crippen molar-refractivity contribution < 1.29 is 21.6 Å². The molecule has 1 fully saturated rings. The molecule has 1 aromatic heterocycles. The van der Waals surface area contributed by atoms with Crippen LogP contribution < -0.4 is 5.32 Å². The van der Waals surface area contributed by atoms with Gasteiger partial charge in [-0.2, -0.15) is 0 Å². The largest absolute Gasteiger partial charge is 0.379 e. The van der Waals surface area contributed by atoms with Crippen LogP contribution in [0.5, 0.6) is 0 Å². The minimum Gasteiger partial charge on any atom is -0.379 e. The van der Waals surface area contributed by atoms with Crippen molar-refractivity contribution in [3.63, 3.8) is 0 Å². The molecule has 0 saturated carbocycles. The van der Waals surface area contributed by atoms with Gasteiger partial charge in [-0.1, -0.05) is 47.2 Å². The second-order valence-corrected chi connectivity index (χ2v) is 13.0. The van der Waals surface area contributed by atoms with Crippen molar-refractivity contribution in [3.8, 4) is 0 Å². The summed E-state index contributed by atoms with van der Waals surface area (Å²) < 4.78 is 58.2. The normalized spacial score (nSPS) is 15.3. The van der Waals surface area contributed by atoms with E-state index in [4.69, 9.17) is 4.74 Å². The molecule has 0 spiro atoms. The molecule has 0 radical (unpaired) electrons. The molecule has 0 atom stereocenters. The van der Waals surface area contributed by atoms with E-state index in [0.29, 0.717) is 19.8 Å². The van der Waals surface area contributed by atoms with Gasteiger partial charge in [0.15, 0.2) is 5.03 Å². The Morgan fingerprint density at radius 3 is 2.26 bits per heavy atom. The van der Waals surface area contributed by atoms with Crippen molar-refractivity contribution in [1.82, 2.24) is 9.88 Å². The Kier molecular flexibility index (Phi) is 7.68. The van der Waals surface area contributed by atoms with Crippen LogP contribution in [0.3, 0.4) is 0 Å². The maximum absolute atomic E-state index is 13.4. The Morgan fingerprint density at radius 1 is 0.941 bits per heavy atom. The number of hydrogen-bond donors (Lipinski definition) is 1. The van der Waals surface area contributed by atoms with Crippen molar-refractivity contribution in [3.05, 3.63) is 60.2 Å². The molecule has 2 heterocycles. The van der Waals surface area contributed by atoms with Gasteiger partial charge in [0.2, 0.25) is 24.0 Å². The minimum absolute atomic E-state index is 0.0712. The number of morpholine rings is 1. The summed E-state index contributed by atoms with van der Waals surface area (Å²) in [6, 6.07) is 14.3. The molecule has 1 N–H and O–H groups in total. The molecule has 1 aliphatic heterocycles. The Morgan fingerprint density at radius 2 is 1.59 bits per heavy atom. The quantitative estimate of drug-likeness (QED) is 0.428. The molecule has 8 nitrogen and oxygen atoms in total. The topological polar surface area (TPSA) is 106 Å². The number of rotatable bonds is 9. The van der Waals surface area contributed by atoms with Crippen LogP contribution in [0.15, 0.2) is 73.8 Å². The van der Waals surface area contributed by atoms with Crippen LogP contribution >= 0.6 is 11.3 Å². The Hall–Kier alpha value is -2.31. The highest BCUT2D eigenvalue weighted by atomic mass is 32.2. The fourth-order valence-electron chi connectivity index (χ4n) is 3.56. The molecule has 182 valence electrons. The van der Waals surface area contributed by atoms with Crippen LogP contribution in [0.4, 0.5) is 5.00 Å². The fraction of sp³-hybridized carbons (Fsp3) is 0.348. The summed E-state index contributed by atoms with van der Waals surface area (Å²) in [5.41, 5.74) is 0.922. The standard InChI is InChI=1S/C23H27N3O5S3/c1-18-8-10-20(11-9-18)33(27,28)22-21(24-12-5-13-26-14-16-31-17-15-26)32-23(25-22)34(29,30)19-6-3-2-4-7-19/h2-4,6-11,24H,5,12-17H2,1H3. The molecule has 0 aliphatic carbocycles. The first-order valence-electron chi connectivity index (χ1n) is 11.0. The zero-order chi connectivity index (χ0) is 24.2. The van der Waals surface area contributed by atoms with Crippen molar-refractivity contribution in [2.75, 3.05) is 44.7 Å². The third-order valence-electron chi connectivity index (χ3n) is 5.49. The first kappa shape index (κ1) is 24.8. The van der Waals surface area contributed by atoms with Crippen LogP contribution in [0.1, 0.15) is 12.0 Å². The predicted molar refractivity (Wildman–Crippen MR) is 131 cm³/mol. The third kappa shape index (κ3) is 5.49. The zero-order valence-corrected chi connectivity index (χ0v) is 21.3. The average Bonchev–Trinajstić information content (AvgIpc) is 3.29. The maximum atomic E-state index is 13.4. The van der Waals surface area contributed by atoms with Gasteiger partial charge in [-0.15, -0.1) is 0 Å². The number of aromatic nitrogens is 1. The molecular weight excluding hydrogens is 494 g/mol. The number of hydrogen-bond acceptors (Lipinski definition) is 9. The van der Waals surface area contributed by atoms with Crippen molar-refractivity contribution in [1.29, 1.82) is 0 Å². The van der Waals surface area contributed by atoms with Gasteiger partial charge in [0.1, 0.15) is 5.00 Å². The summed E-state index contributed by atoms with van der Waals surface area (Å²) in [5.74, 6) is 0. The molecule has 11 heteroatoms. The van der Waals surface area contributed by atoms with Gasteiger partial charge >= 0.3 is 0 Å². The summed E-state index contributed by atoms with van der Waals surface area (Å²) in [6.45, 7) is 6.35. The van der Waals surface area contributed by atoms with Crippen LogP contribution in [-0.2, 0) is 24.4 Å². The van der Waals surface area contributed by atoms with Crippen molar-refractivity contribution in [2.45, 2.75) is 32.5 Å². The maximum Gasteiger partial charge on any atom is 0.233 e. The first-order valence-corrected chi connectivity index (χ1v) is 14.7. The van der Waals surface area contributed by atoms with Gasteiger partial charge < -0.3 is 10.1 Å². The number of aryl methyl sites for hydroxylation is 1. The van der Waals surface area contributed by atoms with E-state index in [0.717, 1.165) is 43.0 Å². The van der Waals surface area contributed by atoms with Crippen molar-refractivity contribution >= 4 is 36.0 Å². The van der Waals surface area contributed by atoms with Crippen LogP contribution in [0.2, 0.25) is 0 Å². The highest BCUT2D eigenvalue weighted by Crippen LogP contribution is 2.36. The van der Waals surface area contributed by atoms with Crippen LogP contribution in [0, 0.1) is 6.92 Å². The van der Waals surface area contributed by atoms with Gasteiger partial charge in [0, 0.05) is 19.6 Å². The van der Waals surface area contributed by atoms with Gasteiger partial charge in [0.05, 0.1) is 23.0 Å². The lowest BCUT2D eigenvalue weighted by atomic mass is 10.2. The zero-order valence-electron chi connectivity index (χ0n) is 18.8. The Labute approximate surface area is 204 Å². The number of anilines is 1. The lowest BCUT2D eigenvalue weighted by Gasteiger charge is -2.26. The van der Waals surface area contributed by atoms with E-state index >= 15 is 0 Å². The molecule has 1 aliphatic rings. The SMILES string of the molecule is Cc1ccc(S(=O)(=O)c2nc(S(=O)(=O)c3ccccc3)sc2NCCCN2CCOCC2)cc1. The van der Waals surface area contributed by atoms with Crippen molar-refractivity contribution in [2.24, 2.45) is 0 Å². The van der Waals surface area contributed by atoms with Gasteiger partial charge in [-0.05, 0) is 44.2 Å². The highest BCUT2D eigenvalue weighted by molar-refractivity contribution is 7.94. The van der Waals surface area contributed by atoms with Crippen LogP contribution in [0.25, 0.3) is 0 Å². The number of benzene rings is 2. The van der Waals surface area contributed by atoms with E-state index in [-0.39, 0.29) is 24.2 Å². The number of ether oxygens (including phenoxy) is 1. The number of sulfone groups is 2.